The van der Waals surface area contributed by atoms with E-state index >= 15 is 0 Å². The van der Waals surface area contributed by atoms with Gasteiger partial charge < -0.3 is 19.9 Å². The van der Waals surface area contributed by atoms with Crippen molar-refractivity contribution < 1.29 is 14.6 Å². The monoisotopic (exact) mass is 161 g/mol. The molecule has 66 valence electrons. The Morgan fingerprint density at radius 2 is 2.36 bits per heavy atom. The molecule has 1 heterocycles. The van der Waals surface area contributed by atoms with E-state index < -0.39 is 0 Å². The third-order valence-electron chi connectivity index (χ3n) is 1.55. The van der Waals surface area contributed by atoms with Crippen molar-refractivity contribution in [3.05, 3.63) is 0 Å². The maximum atomic E-state index is 8.46. The molecule has 11 heavy (non-hydrogen) atoms. The Labute approximate surface area is 66.5 Å². The number of aliphatic hydroxyl groups is 1. The van der Waals surface area contributed by atoms with Crippen molar-refractivity contribution in [3.8, 4) is 0 Å². The normalized spacial score (nSPS) is 25.4. The lowest BCUT2D eigenvalue weighted by molar-refractivity contribution is -0.0864. The SMILES string of the molecule is OCCNCC1COCCO1. The van der Waals surface area contributed by atoms with Gasteiger partial charge in [0.05, 0.1) is 32.5 Å². The first-order valence-electron chi connectivity index (χ1n) is 3.94. The summed E-state index contributed by atoms with van der Waals surface area (Å²) in [5, 5.41) is 11.5. The molecule has 0 aromatic carbocycles. The van der Waals surface area contributed by atoms with Gasteiger partial charge in [0.25, 0.3) is 0 Å². The molecule has 0 aromatic rings. The molecule has 1 atom stereocenters. The van der Waals surface area contributed by atoms with Gasteiger partial charge >= 0.3 is 0 Å². The molecule has 4 nitrogen and oxygen atoms in total. The molecular formula is C7H15NO3. The summed E-state index contributed by atoms with van der Waals surface area (Å²) in [6.45, 7) is 3.62. The average molecular weight is 161 g/mol. The minimum Gasteiger partial charge on any atom is -0.395 e. The van der Waals surface area contributed by atoms with Crippen molar-refractivity contribution in [2.45, 2.75) is 6.10 Å². The number of hydrogen-bond acceptors (Lipinski definition) is 4. The van der Waals surface area contributed by atoms with Gasteiger partial charge in [-0.05, 0) is 0 Å². The van der Waals surface area contributed by atoms with E-state index in [4.69, 9.17) is 14.6 Å². The van der Waals surface area contributed by atoms with Crippen LogP contribution in [0.1, 0.15) is 0 Å². The van der Waals surface area contributed by atoms with Crippen molar-refractivity contribution in [1.29, 1.82) is 0 Å². The van der Waals surface area contributed by atoms with Gasteiger partial charge in [0, 0.05) is 13.1 Å². The predicted octanol–water partition coefficient (Wildman–Crippen LogP) is -1.02. The largest absolute Gasteiger partial charge is 0.395 e. The molecule has 4 heteroatoms. The maximum Gasteiger partial charge on any atom is 0.0933 e. The van der Waals surface area contributed by atoms with Crippen LogP contribution >= 0.6 is 0 Å². The Kier molecular flexibility index (Phi) is 4.45. The van der Waals surface area contributed by atoms with Gasteiger partial charge in [-0.3, -0.25) is 0 Å². The first-order chi connectivity index (χ1) is 5.43. The van der Waals surface area contributed by atoms with Gasteiger partial charge in [0.15, 0.2) is 0 Å². The zero-order chi connectivity index (χ0) is 7.94. The van der Waals surface area contributed by atoms with E-state index in [9.17, 15) is 0 Å². The highest BCUT2D eigenvalue weighted by Gasteiger charge is 2.12. The highest BCUT2D eigenvalue weighted by molar-refractivity contribution is 4.63. The molecule has 1 fully saturated rings. The number of nitrogens with one attached hydrogen (secondary N) is 1. The molecule has 0 aromatic heterocycles. The minimum atomic E-state index is 0.162. The molecule has 1 saturated heterocycles. The van der Waals surface area contributed by atoms with E-state index in [1.807, 2.05) is 0 Å². The van der Waals surface area contributed by atoms with E-state index in [1.165, 1.54) is 0 Å². The molecular weight excluding hydrogens is 146 g/mol. The molecule has 0 amide bonds. The summed E-state index contributed by atoms with van der Waals surface area (Å²) in [5.41, 5.74) is 0. The van der Waals surface area contributed by atoms with E-state index in [-0.39, 0.29) is 12.7 Å². The van der Waals surface area contributed by atoms with Crippen LogP contribution in [0, 0.1) is 0 Å². The van der Waals surface area contributed by atoms with Crippen LogP contribution in [0.4, 0.5) is 0 Å². The fourth-order valence-corrected chi connectivity index (χ4v) is 0.997. The smallest absolute Gasteiger partial charge is 0.0933 e. The first kappa shape index (κ1) is 8.93. The van der Waals surface area contributed by atoms with Crippen LogP contribution in [0.5, 0.6) is 0 Å². The van der Waals surface area contributed by atoms with Crippen molar-refractivity contribution in [2.24, 2.45) is 0 Å². The highest BCUT2D eigenvalue weighted by atomic mass is 16.6. The summed E-state index contributed by atoms with van der Waals surface area (Å²) < 4.78 is 10.5. The second-order valence-electron chi connectivity index (χ2n) is 2.50. The van der Waals surface area contributed by atoms with Crippen molar-refractivity contribution >= 4 is 0 Å². The third kappa shape index (κ3) is 3.67. The second-order valence-corrected chi connectivity index (χ2v) is 2.50. The predicted molar refractivity (Wildman–Crippen MR) is 40.5 cm³/mol. The summed E-state index contributed by atoms with van der Waals surface area (Å²) in [5.74, 6) is 0. The summed E-state index contributed by atoms with van der Waals surface area (Å²) in [7, 11) is 0. The Balaban J connectivity index is 1.96. The fraction of sp³-hybridized carbons (Fsp3) is 1.00. The van der Waals surface area contributed by atoms with E-state index in [1.54, 1.807) is 0 Å². The van der Waals surface area contributed by atoms with Crippen LogP contribution in [0.25, 0.3) is 0 Å². The molecule has 1 aliphatic heterocycles. The molecule has 0 bridgehead atoms. The van der Waals surface area contributed by atoms with E-state index in [0.29, 0.717) is 26.4 Å². The van der Waals surface area contributed by atoms with Gasteiger partial charge in [-0.2, -0.15) is 0 Å². The quantitative estimate of drug-likeness (QED) is 0.518. The molecule has 1 unspecified atom stereocenters. The van der Waals surface area contributed by atoms with Crippen molar-refractivity contribution in [1.82, 2.24) is 5.32 Å². The molecule has 0 radical (unpaired) electrons. The number of hydrogen-bond donors (Lipinski definition) is 2. The first-order valence-corrected chi connectivity index (χ1v) is 3.94. The summed E-state index contributed by atoms with van der Waals surface area (Å²) in [4.78, 5) is 0. The maximum absolute atomic E-state index is 8.46. The zero-order valence-corrected chi connectivity index (χ0v) is 6.58. The van der Waals surface area contributed by atoms with Crippen LogP contribution < -0.4 is 5.32 Å². The van der Waals surface area contributed by atoms with Gasteiger partial charge in [0.2, 0.25) is 0 Å². The molecule has 0 aliphatic carbocycles. The van der Waals surface area contributed by atoms with Gasteiger partial charge in [0.1, 0.15) is 0 Å². The van der Waals surface area contributed by atoms with Gasteiger partial charge in [-0.15, -0.1) is 0 Å². The minimum absolute atomic E-state index is 0.162. The van der Waals surface area contributed by atoms with E-state index in [0.717, 1.165) is 6.54 Å². The fourth-order valence-electron chi connectivity index (χ4n) is 0.997. The lowest BCUT2D eigenvalue weighted by Crippen LogP contribution is -2.38. The number of rotatable bonds is 4. The van der Waals surface area contributed by atoms with Crippen LogP contribution in [-0.2, 0) is 9.47 Å². The Hall–Kier alpha value is -0.160. The summed E-state index contributed by atoms with van der Waals surface area (Å²) in [6.07, 6.45) is 0.162. The number of aliphatic hydroxyl groups excluding tert-OH is 1. The molecule has 2 N–H and O–H groups in total. The lowest BCUT2D eigenvalue weighted by atomic mass is 10.3. The lowest BCUT2D eigenvalue weighted by Gasteiger charge is -2.22. The topological polar surface area (TPSA) is 50.7 Å². The Morgan fingerprint density at radius 3 is 3.00 bits per heavy atom. The van der Waals surface area contributed by atoms with Crippen LogP contribution in [-0.4, -0.2) is 50.7 Å². The Morgan fingerprint density at radius 1 is 1.45 bits per heavy atom. The standard InChI is InChI=1S/C7H15NO3/c9-2-1-8-5-7-6-10-3-4-11-7/h7-9H,1-6H2. The summed E-state index contributed by atoms with van der Waals surface area (Å²) >= 11 is 0. The molecule has 0 spiro atoms. The van der Waals surface area contributed by atoms with Crippen molar-refractivity contribution in [3.63, 3.8) is 0 Å². The molecule has 1 rings (SSSR count). The van der Waals surface area contributed by atoms with Crippen LogP contribution in [0.3, 0.4) is 0 Å². The zero-order valence-electron chi connectivity index (χ0n) is 6.58. The second kappa shape index (κ2) is 5.49. The summed E-state index contributed by atoms with van der Waals surface area (Å²) in [6, 6.07) is 0. The van der Waals surface area contributed by atoms with Crippen LogP contribution in [0.15, 0.2) is 0 Å². The van der Waals surface area contributed by atoms with E-state index in [2.05, 4.69) is 5.32 Å². The van der Waals surface area contributed by atoms with Crippen LogP contribution in [0.2, 0.25) is 0 Å². The third-order valence-corrected chi connectivity index (χ3v) is 1.55. The van der Waals surface area contributed by atoms with Crippen molar-refractivity contribution in [2.75, 3.05) is 39.5 Å². The number of ether oxygens (including phenoxy) is 2. The molecule has 1 aliphatic rings. The molecule has 0 saturated carbocycles. The van der Waals surface area contributed by atoms with Gasteiger partial charge in [-0.25, -0.2) is 0 Å². The Bertz CT molecular complexity index is 93.7. The average Bonchev–Trinajstić information content (AvgIpc) is 2.07. The highest BCUT2D eigenvalue weighted by Crippen LogP contribution is 1.98. The van der Waals surface area contributed by atoms with Gasteiger partial charge in [-0.1, -0.05) is 0 Å².